The number of aromatic nitrogens is 3. The van der Waals surface area contributed by atoms with E-state index in [9.17, 15) is 0 Å². The number of fused-ring (bicyclic) bond motifs is 1. The van der Waals surface area contributed by atoms with E-state index in [0.29, 0.717) is 0 Å². The first kappa shape index (κ1) is 14.8. The molecule has 2 heterocycles. The molecule has 3 aromatic rings. The predicted octanol–water partition coefficient (Wildman–Crippen LogP) is 4.55. The van der Waals surface area contributed by atoms with Crippen molar-refractivity contribution < 1.29 is 0 Å². The Kier molecular flexibility index (Phi) is 3.97. The Hall–Kier alpha value is -2.16. The van der Waals surface area contributed by atoms with Crippen LogP contribution in [0.3, 0.4) is 0 Å². The van der Waals surface area contributed by atoms with Crippen LogP contribution < -0.4 is 0 Å². The Bertz CT molecular complexity index is 798. The average molecular weight is 293 g/mol. The van der Waals surface area contributed by atoms with Crippen molar-refractivity contribution in [3.63, 3.8) is 0 Å². The fourth-order valence-electron chi connectivity index (χ4n) is 3.05. The molecule has 0 amide bonds. The number of hydrogen-bond acceptors (Lipinski definition) is 2. The third kappa shape index (κ3) is 2.52. The minimum Gasteiger partial charge on any atom is -0.296 e. The minimum atomic E-state index is 0.907. The Morgan fingerprint density at radius 1 is 1.00 bits per heavy atom. The summed E-state index contributed by atoms with van der Waals surface area (Å²) in [6, 6.07) is 11.0. The summed E-state index contributed by atoms with van der Waals surface area (Å²) in [5, 5.41) is 0. The summed E-state index contributed by atoms with van der Waals surface area (Å²) in [6.07, 6.45) is 3.22. The first-order chi connectivity index (χ1) is 10.6. The fraction of sp³-hybridized carbons (Fsp3) is 0.368. The van der Waals surface area contributed by atoms with Crippen molar-refractivity contribution in [2.75, 3.05) is 0 Å². The van der Waals surface area contributed by atoms with Crippen LogP contribution in [0.15, 0.2) is 30.3 Å². The molecule has 114 valence electrons. The van der Waals surface area contributed by atoms with Crippen LogP contribution in [0.2, 0.25) is 0 Å². The van der Waals surface area contributed by atoms with Crippen LogP contribution in [0.4, 0.5) is 0 Å². The highest BCUT2D eigenvalue weighted by molar-refractivity contribution is 5.80. The van der Waals surface area contributed by atoms with Gasteiger partial charge in [-0.3, -0.25) is 9.55 Å². The highest BCUT2D eigenvalue weighted by atomic mass is 15.1. The van der Waals surface area contributed by atoms with Gasteiger partial charge in [-0.1, -0.05) is 32.4 Å². The van der Waals surface area contributed by atoms with Crippen molar-refractivity contribution in [3.8, 4) is 5.69 Å². The number of hydrogen-bond donors (Lipinski definition) is 0. The maximum atomic E-state index is 4.81. The molecule has 2 aromatic heterocycles. The van der Waals surface area contributed by atoms with Crippen LogP contribution in [-0.2, 0) is 12.8 Å². The summed E-state index contributed by atoms with van der Waals surface area (Å²) in [5.41, 5.74) is 6.79. The lowest BCUT2D eigenvalue weighted by Gasteiger charge is -2.10. The van der Waals surface area contributed by atoms with E-state index in [0.717, 1.165) is 41.1 Å². The summed E-state index contributed by atoms with van der Waals surface area (Å²) in [7, 11) is 0. The van der Waals surface area contributed by atoms with Gasteiger partial charge in [-0.2, -0.15) is 0 Å². The maximum absolute atomic E-state index is 4.81. The van der Waals surface area contributed by atoms with Gasteiger partial charge in [-0.15, -0.1) is 0 Å². The molecule has 0 saturated heterocycles. The Labute approximate surface area is 132 Å². The second kappa shape index (κ2) is 5.91. The van der Waals surface area contributed by atoms with Gasteiger partial charge in [0.1, 0.15) is 11.3 Å². The van der Waals surface area contributed by atoms with Gasteiger partial charge in [0.05, 0.1) is 11.2 Å². The van der Waals surface area contributed by atoms with Gasteiger partial charge in [0.2, 0.25) is 0 Å². The third-order valence-electron chi connectivity index (χ3n) is 4.06. The number of benzene rings is 1. The highest BCUT2D eigenvalue weighted by Gasteiger charge is 2.14. The van der Waals surface area contributed by atoms with Gasteiger partial charge < -0.3 is 0 Å². The zero-order chi connectivity index (χ0) is 15.7. The molecule has 22 heavy (non-hydrogen) atoms. The Balaban J connectivity index is 2.20. The first-order valence-corrected chi connectivity index (χ1v) is 8.09. The van der Waals surface area contributed by atoms with E-state index in [1.54, 1.807) is 0 Å². The molecule has 3 nitrogen and oxygen atoms in total. The number of nitrogens with zero attached hydrogens (tertiary/aromatic N) is 3. The number of rotatable bonds is 4. The van der Waals surface area contributed by atoms with Gasteiger partial charge in [0, 0.05) is 17.8 Å². The zero-order valence-corrected chi connectivity index (χ0v) is 13.8. The van der Waals surface area contributed by atoms with E-state index in [4.69, 9.17) is 4.98 Å². The molecular formula is C19H23N3. The van der Waals surface area contributed by atoms with Crippen LogP contribution in [0.25, 0.3) is 16.7 Å². The molecule has 0 unspecified atom stereocenters. The Morgan fingerprint density at radius 2 is 1.73 bits per heavy atom. The van der Waals surface area contributed by atoms with Crippen LogP contribution in [-0.4, -0.2) is 14.5 Å². The maximum Gasteiger partial charge on any atom is 0.114 e. The van der Waals surface area contributed by atoms with Crippen molar-refractivity contribution in [1.82, 2.24) is 14.5 Å². The van der Waals surface area contributed by atoms with Gasteiger partial charge in [-0.05, 0) is 44.0 Å². The molecule has 0 N–H and O–H groups in total. The van der Waals surface area contributed by atoms with Crippen LogP contribution in [0, 0.1) is 13.8 Å². The minimum absolute atomic E-state index is 0.907. The van der Waals surface area contributed by atoms with E-state index in [1.807, 2.05) is 13.8 Å². The predicted molar refractivity (Wildman–Crippen MR) is 91.7 cm³/mol. The molecular weight excluding hydrogens is 270 g/mol. The van der Waals surface area contributed by atoms with E-state index in [1.165, 1.54) is 17.7 Å². The molecule has 0 radical (unpaired) electrons. The summed E-state index contributed by atoms with van der Waals surface area (Å²) >= 11 is 0. The standard InChI is InChI=1S/C19H23N3/c1-5-7-15-8-10-16(11-9-15)22-17-12-13(3)20-14(4)19(17)21-18(22)6-2/h8-12H,5-7H2,1-4H3. The Morgan fingerprint density at radius 3 is 2.36 bits per heavy atom. The topological polar surface area (TPSA) is 30.7 Å². The van der Waals surface area contributed by atoms with Crippen molar-refractivity contribution in [3.05, 3.63) is 53.1 Å². The van der Waals surface area contributed by atoms with E-state index in [2.05, 4.69) is 53.7 Å². The lowest BCUT2D eigenvalue weighted by molar-refractivity contribution is 0.899. The van der Waals surface area contributed by atoms with E-state index in [-0.39, 0.29) is 0 Å². The smallest absolute Gasteiger partial charge is 0.114 e. The lowest BCUT2D eigenvalue weighted by Crippen LogP contribution is -2.00. The fourth-order valence-corrected chi connectivity index (χ4v) is 3.05. The molecule has 0 fully saturated rings. The third-order valence-corrected chi connectivity index (χ3v) is 4.06. The molecule has 0 aliphatic heterocycles. The highest BCUT2D eigenvalue weighted by Crippen LogP contribution is 2.24. The number of pyridine rings is 1. The van der Waals surface area contributed by atoms with Crippen LogP contribution >= 0.6 is 0 Å². The van der Waals surface area contributed by atoms with Gasteiger partial charge in [0.15, 0.2) is 0 Å². The average Bonchev–Trinajstić information content (AvgIpc) is 2.87. The van der Waals surface area contributed by atoms with Crippen molar-refractivity contribution in [2.45, 2.75) is 47.0 Å². The summed E-state index contributed by atoms with van der Waals surface area (Å²) in [6.45, 7) is 8.44. The largest absolute Gasteiger partial charge is 0.296 e. The quantitative estimate of drug-likeness (QED) is 0.706. The molecule has 0 aliphatic carbocycles. The first-order valence-electron chi connectivity index (χ1n) is 8.09. The molecule has 0 saturated carbocycles. The van der Waals surface area contributed by atoms with Gasteiger partial charge in [0.25, 0.3) is 0 Å². The lowest BCUT2D eigenvalue weighted by atomic mass is 10.1. The van der Waals surface area contributed by atoms with Crippen molar-refractivity contribution >= 4 is 11.0 Å². The number of imidazole rings is 1. The molecule has 0 spiro atoms. The SMILES string of the molecule is CCCc1ccc(-n2c(CC)nc3c(C)nc(C)cc32)cc1. The summed E-state index contributed by atoms with van der Waals surface area (Å²) < 4.78 is 2.27. The molecule has 1 aromatic carbocycles. The normalized spacial score (nSPS) is 11.3. The molecule has 0 atom stereocenters. The number of aryl methyl sites for hydroxylation is 4. The van der Waals surface area contributed by atoms with Crippen LogP contribution in [0.5, 0.6) is 0 Å². The van der Waals surface area contributed by atoms with E-state index < -0.39 is 0 Å². The van der Waals surface area contributed by atoms with Gasteiger partial charge in [-0.25, -0.2) is 4.98 Å². The second-order valence-corrected chi connectivity index (χ2v) is 5.85. The van der Waals surface area contributed by atoms with Gasteiger partial charge >= 0.3 is 0 Å². The van der Waals surface area contributed by atoms with E-state index >= 15 is 0 Å². The second-order valence-electron chi connectivity index (χ2n) is 5.85. The zero-order valence-electron chi connectivity index (χ0n) is 13.8. The van der Waals surface area contributed by atoms with Crippen molar-refractivity contribution in [1.29, 1.82) is 0 Å². The summed E-state index contributed by atoms with van der Waals surface area (Å²) in [5.74, 6) is 1.09. The molecule has 3 rings (SSSR count). The summed E-state index contributed by atoms with van der Waals surface area (Å²) in [4.78, 5) is 9.35. The van der Waals surface area contributed by atoms with Crippen molar-refractivity contribution in [2.24, 2.45) is 0 Å². The molecule has 0 bridgehead atoms. The molecule has 3 heteroatoms. The van der Waals surface area contributed by atoms with Crippen LogP contribution in [0.1, 0.15) is 43.0 Å². The molecule has 0 aliphatic rings. The monoisotopic (exact) mass is 293 g/mol.